The molecule has 0 amide bonds. The van der Waals surface area contributed by atoms with E-state index in [-0.39, 0.29) is 0 Å². The average Bonchev–Trinajstić information content (AvgIpc) is 3.03. The Labute approximate surface area is 121 Å². The summed E-state index contributed by atoms with van der Waals surface area (Å²) in [6.07, 6.45) is 7.43. The minimum Gasteiger partial charge on any atom is -0.308 e. The van der Waals surface area contributed by atoms with Gasteiger partial charge in [0.15, 0.2) is 0 Å². The summed E-state index contributed by atoms with van der Waals surface area (Å²) >= 11 is 0. The summed E-state index contributed by atoms with van der Waals surface area (Å²) in [5.74, 6) is 6.32. The fraction of sp³-hybridized carbons (Fsp3) is 0.667. The maximum absolute atomic E-state index is 5.52. The standard InChI is InChI=1S/C15H25N5/c16-18-15-13(4-3-7-17-15)12-19-8-10-20(11-9-19)14-5-1-2-6-14/h3-4,7,14H,1-2,5-6,8-12,16H2,(H,17,18). The van der Waals surface area contributed by atoms with E-state index < -0.39 is 0 Å². The second-order valence-electron chi connectivity index (χ2n) is 5.91. The molecule has 3 N–H and O–H groups in total. The number of pyridine rings is 1. The first-order valence-electron chi connectivity index (χ1n) is 7.74. The Morgan fingerprint density at radius 1 is 1.20 bits per heavy atom. The van der Waals surface area contributed by atoms with Gasteiger partial charge in [0.05, 0.1) is 0 Å². The third-order valence-corrected chi connectivity index (χ3v) is 4.67. The van der Waals surface area contributed by atoms with Gasteiger partial charge in [0, 0.05) is 50.5 Å². The highest BCUT2D eigenvalue weighted by Crippen LogP contribution is 2.24. The van der Waals surface area contributed by atoms with Crippen LogP contribution >= 0.6 is 0 Å². The maximum atomic E-state index is 5.52. The third kappa shape index (κ3) is 3.11. The van der Waals surface area contributed by atoms with Crippen molar-refractivity contribution >= 4 is 5.82 Å². The van der Waals surface area contributed by atoms with Crippen LogP contribution in [0.25, 0.3) is 0 Å². The number of nitrogens with zero attached hydrogens (tertiary/aromatic N) is 3. The van der Waals surface area contributed by atoms with E-state index in [1.807, 2.05) is 6.07 Å². The molecule has 110 valence electrons. The zero-order chi connectivity index (χ0) is 13.8. The monoisotopic (exact) mass is 275 g/mol. The molecule has 0 atom stereocenters. The number of anilines is 1. The number of aromatic nitrogens is 1. The lowest BCUT2D eigenvalue weighted by atomic mass is 10.1. The third-order valence-electron chi connectivity index (χ3n) is 4.67. The van der Waals surface area contributed by atoms with Gasteiger partial charge in [-0.3, -0.25) is 9.80 Å². The largest absolute Gasteiger partial charge is 0.308 e. The molecule has 2 aliphatic rings. The van der Waals surface area contributed by atoms with Crippen molar-refractivity contribution in [1.82, 2.24) is 14.8 Å². The van der Waals surface area contributed by atoms with Crippen molar-refractivity contribution < 1.29 is 0 Å². The number of hydrazine groups is 1. The normalized spacial score (nSPS) is 22.2. The van der Waals surface area contributed by atoms with E-state index in [0.29, 0.717) is 0 Å². The summed E-state index contributed by atoms with van der Waals surface area (Å²) in [6, 6.07) is 4.94. The van der Waals surface area contributed by atoms with Gasteiger partial charge in [-0.15, -0.1) is 0 Å². The molecule has 2 heterocycles. The Bertz CT molecular complexity index is 422. The molecule has 0 aromatic carbocycles. The van der Waals surface area contributed by atoms with Crippen LogP contribution in [0, 0.1) is 0 Å². The number of hydrogen-bond donors (Lipinski definition) is 2. The van der Waals surface area contributed by atoms with E-state index in [0.717, 1.165) is 31.5 Å². The zero-order valence-corrected chi connectivity index (χ0v) is 12.1. The van der Waals surface area contributed by atoms with Crippen molar-refractivity contribution in [2.24, 2.45) is 5.84 Å². The molecule has 2 fully saturated rings. The van der Waals surface area contributed by atoms with Crippen molar-refractivity contribution in [2.75, 3.05) is 31.6 Å². The zero-order valence-electron chi connectivity index (χ0n) is 12.1. The Morgan fingerprint density at radius 3 is 2.65 bits per heavy atom. The van der Waals surface area contributed by atoms with Gasteiger partial charge in [-0.25, -0.2) is 10.8 Å². The number of hydrogen-bond acceptors (Lipinski definition) is 5. The fourth-order valence-corrected chi connectivity index (χ4v) is 3.49. The van der Waals surface area contributed by atoms with Gasteiger partial charge in [0.25, 0.3) is 0 Å². The van der Waals surface area contributed by atoms with E-state index in [1.54, 1.807) is 6.20 Å². The molecule has 0 unspecified atom stereocenters. The smallest absolute Gasteiger partial charge is 0.144 e. The number of piperazine rings is 1. The molecule has 0 bridgehead atoms. The number of rotatable bonds is 4. The minimum absolute atomic E-state index is 0.797. The second kappa shape index (κ2) is 6.52. The van der Waals surface area contributed by atoms with Crippen LogP contribution in [0.15, 0.2) is 18.3 Å². The van der Waals surface area contributed by atoms with Crippen molar-refractivity contribution in [3.63, 3.8) is 0 Å². The Kier molecular flexibility index (Phi) is 4.50. The molecule has 20 heavy (non-hydrogen) atoms. The molecule has 5 nitrogen and oxygen atoms in total. The molecule has 1 aliphatic heterocycles. The van der Waals surface area contributed by atoms with Crippen LogP contribution in [-0.2, 0) is 6.54 Å². The van der Waals surface area contributed by atoms with Crippen LogP contribution in [0.4, 0.5) is 5.82 Å². The minimum atomic E-state index is 0.797. The highest BCUT2D eigenvalue weighted by Gasteiger charge is 2.26. The number of nitrogens with one attached hydrogen (secondary N) is 1. The summed E-state index contributed by atoms with van der Waals surface area (Å²) in [5.41, 5.74) is 3.88. The quantitative estimate of drug-likeness (QED) is 0.643. The molecule has 1 saturated heterocycles. The van der Waals surface area contributed by atoms with Gasteiger partial charge in [-0.05, 0) is 18.9 Å². The number of nitrogens with two attached hydrogens (primary N) is 1. The Morgan fingerprint density at radius 2 is 1.95 bits per heavy atom. The van der Waals surface area contributed by atoms with E-state index in [1.165, 1.54) is 44.3 Å². The molecule has 1 saturated carbocycles. The van der Waals surface area contributed by atoms with E-state index >= 15 is 0 Å². The van der Waals surface area contributed by atoms with Crippen molar-refractivity contribution in [2.45, 2.75) is 38.3 Å². The van der Waals surface area contributed by atoms with Gasteiger partial charge in [0.1, 0.15) is 5.82 Å². The van der Waals surface area contributed by atoms with Crippen LogP contribution < -0.4 is 11.3 Å². The highest BCUT2D eigenvalue weighted by molar-refractivity contribution is 5.42. The Hall–Kier alpha value is -1.17. The lowest BCUT2D eigenvalue weighted by Gasteiger charge is -2.38. The lowest BCUT2D eigenvalue weighted by molar-refractivity contribution is 0.0937. The van der Waals surface area contributed by atoms with Crippen LogP contribution in [0.3, 0.4) is 0 Å². The number of nitrogen functional groups attached to an aromatic ring is 1. The molecular formula is C15H25N5. The molecule has 1 aliphatic carbocycles. The molecular weight excluding hydrogens is 250 g/mol. The first-order valence-corrected chi connectivity index (χ1v) is 7.74. The van der Waals surface area contributed by atoms with E-state index in [4.69, 9.17) is 5.84 Å². The van der Waals surface area contributed by atoms with Gasteiger partial charge in [0.2, 0.25) is 0 Å². The lowest BCUT2D eigenvalue weighted by Crippen LogP contribution is -2.49. The van der Waals surface area contributed by atoms with E-state index in [9.17, 15) is 0 Å². The van der Waals surface area contributed by atoms with Crippen LogP contribution in [0.1, 0.15) is 31.2 Å². The summed E-state index contributed by atoms with van der Waals surface area (Å²) in [7, 11) is 0. The maximum Gasteiger partial charge on any atom is 0.144 e. The van der Waals surface area contributed by atoms with Crippen molar-refractivity contribution in [1.29, 1.82) is 0 Å². The van der Waals surface area contributed by atoms with Gasteiger partial charge >= 0.3 is 0 Å². The molecule has 0 spiro atoms. The summed E-state index contributed by atoms with van der Waals surface area (Å²) in [4.78, 5) is 9.46. The molecule has 0 radical (unpaired) electrons. The molecule has 1 aromatic heterocycles. The first-order chi connectivity index (χ1) is 9.86. The highest BCUT2D eigenvalue weighted by atomic mass is 15.3. The Balaban J connectivity index is 1.53. The summed E-state index contributed by atoms with van der Waals surface area (Å²) in [5, 5.41) is 0. The summed E-state index contributed by atoms with van der Waals surface area (Å²) in [6.45, 7) is 5.64. The van der Waals surface area contributed by atoms with Crippen molar-refractivity contribution in [3.05, 3.63) is 23.9 Å². The SMILES string of the molecule is NNc1ncccc1CN1CCN(C2CCCC2)CC1. The van der Waals surface area contributed by atoms with Crippen LogP contribution in [-0.4, -0.2) is 47.0 Å². The van der Waals surface area contributed by atoms with Crippen LogP contribution in [0.5, 0.6) is 0 Å². The summed E-state index contributed by atoms with van der Waals surface area (Å²) < 4.78 is 0. The predicted octanol–water partition coefficient (Wildman–Crippen LogP) is 1.43. The van der Waals surface area contributed by atoms with Gasteiger partial charge in [-0.1, -0.05) is 18.9 Å². The van der Waals surface area contributed by atoms with E-state index in [2.05, 4.69) is 26.3 Å². The van der Waals surface area contributed by atoms with Crippen LogP contribution in [0.2, 0.25) is 0 Å². The molecule has 3 rings (SSSR count). The fourth-order valence-electron chi connectivity index (χ4n) is 3.49. The topological polar surface area (TPSA) is 57.4 Å². The molecule has 5 heteroatoms. The van der Waals surface area contributed by atoms with Crippen molar-refractivity contribution in [3.8, 4) is 0 Å². The average molecular weight is 275 g/mol. The second-order valence-corrected chi connectivity index (χ2v) is 5.91. The first kappa shape index (κ1) is 13.8. The van der Waals surface area contributed by atoms with Gasteiger partial charge < -0.3 is 5.43 Å². The van der Waals surface area contributed by atoms with Gasteiger partial charge in [-0.2, -0.15) is 0 Å². The molecule has 1 aromatic rings. The predicted molar refractivity (Wildman–Crippen MR) is 81.2 cm³/mol.